The number of nitrogens with zero attached hydrogens (tertiary/aromatic N) is 2. The van der Waals surface area contributed by atoms with Crippen LogP contribution in [0.2, 0.25) is 0 Å². The van der Waals surface area contributed by atoms with Gasteiger partial charge in [-0.05, 0) is 25.3 Å². The van der Waals surface area contributed by atoms with Gasteiger partial charge in [-0.25, -0.2) is 8.42 Å². The summed E-state index contributed by atoms with van der Waals surface area (Å²) in [6.07, 6.45) is -3.30. The van der Waals surface area contributed by atoms with Gasteiger partial charge in [0.1, 0.15) is 0 Å². The molecule has 2 fully saturated rings. The summed E-state index contributed by atoms with van der Waals surface area (Å²) < 4.78 is 70.3. The minimum absolute atomic E-state index is 0.130. The molecule has 0 aliphatic carbocycles. The van der Waals surface area contributed by atoms with Crippen molar-refractivity contribution in [2.24, 2.45) is 0 Å². The third-order valence-electron chi connectivity index (χ3n) is 5.35. The standard InChI is InChI=1S/C17H18F3N3O5S/c18-17(19,20)12-9-14(24)21-15-11(12)8-13(28-15)16(25)22-5-2-10(3-6-22)23-4-1-7-29(23,26)27/h8-10H,1-7H2,(H,21,24). The van der Waals surface area contributed by atoms with Crippen LogP contribution in [0, 0.1) is 0 Å². The van der Waals surface area contributed by atoms with E-state index in [1.54, 1.807) is 0 Å². The second kappa shape index (κ2) is 6.87. The molecular weight excluding hydrogens is 415 g/mol. The van der Waals surface area contributed by atoms with Gasteiger partial charge in [-0.2, -0.15) is 17.5 Å². The lowest BCUT2D eigenvalue weighted by Gasteiger charge is -2.35. The number of H-pyrrole nitrogens is 1. The summed E-state index contributed by atoms with van der Waals surface area (Å²) in [6, 6.07) is 1.22. The van der Waals surface area contributed by atoms with E-state index in [2.05, 4.69) is 4.98 Å². The molecule has 8 nitrogen and oxygen atoms in total. The van der Waals surface area contributed by atoms with Crippen LogP contribution in [0.25, 0.3) is 11.1 Å². The first-order chi connectivity index (χ1) is 13.6. The summed E-state index contributed by atoms with van der Waals surface area (Å²) in [5.41, 5.74) is -2.56. The molecule has 29 heavy (non-hydrogen) atoms. The van der Waals surface area contributed by atoms with Gasteiger partial charge in [0, 0.05) is 31.7 Å². The molecule has 0 unspecified atom stereocenters. The van der Waals surface area contributed by atoms with Crippen molar-refractivity contribution in [1.29, 1.82) is 0 Å². The van der Waals surface area contributed by atoms with E-state index in [0.717, 1.165) is 6.07 Å². The van der Waals surface area contributed by atoms with Crippen LogP contribution in [-0.4, -0.2) is 59.9 Å². The van der Waals surface area contributed by atoms with Crippen LogP contribution < -0.4 is 5.56 Å². The van der Waals surface area contributed by atoms with E-state index in [-0.39, 0.29) is 30.6 Å². The third-order valence-corrected chi connectivity index (χ3v) is 7.35. The predicted octanol–water partition coefficient (Wildman–Crippen LogP) is 1.78. The molecule has 0 spiro atoms. The van der Waals surface area contributed by atoms with Gasteiger partial charge in [0.05, 0.1) is 16.7 Å². The number of hydrogen-bond acceptors (Lipinski definition) is 5. The number of alkyl halides is 3. The smallest absolute Gasteiger partial charge is 0.417 e. The van der Waals surface area contributed by atoms with E-state index in [1.165, 1.54) is 9.21 Å². The number of halogens is 3. The number of hydrogen-bond donors (Lipinski definition) is 1. The van der Waals surface area contributed by atoms with Gasteiger partial charge < -0.3 is 9.32 Å². The first-order valence-electron chi connectivity index (χ1n) is 9.09. The fourth-order valence-corrected chi connectivity index (χ4v) is 5.76. The normalized spacial score (nSPS) is 21.1. The zero-order chi connectivity index (χ0) is 21.0. The number of fused-ring (bicyclic) bond motifs is 1. The molecule has 0 saturated carbocycles. The fraction of sp³-hybridized carbons (Fsp3) is 0.529. The number of amides is 1. The van der Waals surface area contributed by atoms with E-state index in [1.807, 2.05) is 0 Å². The summed E-state index contributed by atoms with van der Waals surface area (Å²) in [4.78, 5) is 27.8. The molecule has 0 bridgehead atoms. The zero-order valence-electron chi connectivity index (χ0n) is 15.2. The molecule has 2 aromatic heterocycles. The number of aromatic amines is 1. The summed E-state index contributed by atoms with van der Waals surface area (Å²) in [5.74, 6) is -0.775. The molecule has 4 rings (SSSR count). The number of aromatic nitrogens is 1. The number of piperidine rings is 1. The lowest BCUT2D eigenvalue weighted by molar-refractivity contribution is -0.136. The van der Waals surface area contributed by atoms with Crippen molar-refractivity contribution in [2.45, 2.75) is 31.5 Å². The van der Waals surface area contributed by atoms with Crippen molar-refractivity contribution in [3.8, 4) is 0 Å². The Balaban J connectivity index is 1.54. The summed E-state index contributed by atoms with van der Waals surface area (Å²) >= 11 is 0. The van der Waals surface area contributed by atoms with Crippen molar-refractivity contribution >= 4 is 27.0 Å². The molecule has 1 N–H and O–H groups in total. The Morgan fingerprint density at radius 2 is 1.86 bits per heavy atom. The molecule has 0 atom stereocenters. The van der Waals surface area contributed by atoms with Gasteiger partial charge in [0.2, 0.25) is 15.7 Å². The monoisotopic (exact) mass is 433 g/mol. The molecule has 0 aromatic carbocycles. The number of rotatable bonds is 2. The lowest BCUT2D eigenvalue weighted by atomic mass is 10.0. The number of sulfonamides is 1. The zero-order valence-corrected chi connectivity index (χ0v) is 16.0. The van der Waals surface area contributed by atoms with Crippen LogP contribution in [0.4, 0.5) is 13.2 Å². The fourth-order valence-electron chi connectivity index (χ4n) is 3.96. The van der Waals surface area contributed by atoms with Gasteiger partial charge >= 0.3 is 6.18 Å². The number of nitrogens with one attached hydrogen (secondary N) is 1. The van der Waals surface area contributed by atoms with Crippen LogP contribution in [0.15, 0.2) is 21.3 Å². The van der Waals surface area contributed by atoms with E-state index in [9.17, 15) is 31.2 Å². The second-order valence-corrected chi connectivity index (χ2v) is 9.24. The minimum Gasteiger partial charge on any atom is -0.434 e. The summed E-state index contributed by atoms with van der Waals surface area (Å²) in [7, 11) is -3.25. The van der Waals surface area contributed by atoms with E-state index in [4.69, 9.17) is 4.42 Å². The highest BCUT2D eigenvalue weighted by atomic mass is 32.2. The predicted molar refractivity (Wildman–Crippen MR) is 95.9 cm³/mol. The maximum absolute atomic E-state index is 13.2. The van der Waals surface area contributed by atoms with Crippen molar-refractivity contribution in [3.63, 3.8) is 0 Å². The summed E-state index contributed by atoms with van der Waals surface area (Å²) in [5, 5.41) is -0.390. The average Bonchev–Trinajstić information content (AvgIpc) is 3.22. The Morgan fingerprint density at radius 3 is 2.45 bits per heavy atom. The first kappa shape index (κ1) is 20.0. The number of carbonyl (C=O) groups is 1. The molecule has 2 aromatic rings. The summed E-state index contributed by atoms with van der Waals surface area (Å²) in [6.45, 7) is 0.989. The van der Waals surface area contributed by atoms with Gasteiger partial charge in [-0.3, -0.25) is 14.6 Å². The third kappa shape index (κ3) is 3.66. The van der Waals surface area contributed by atoms with Crippen molar-refractivity contribution in [3.05, 3.63) is 33.8 Å². The number of furan rings is 1. The van der Waals surface area contributed by atoms with E-state index >= 15 is 0 Å². The second-order valence-electron chi connectivity index (χ2n) is 7.20. The first-order valence-corrected chi connectivity index (χ1v) is 10.7. The highest BCUT2D eigenvalue weighted by Crippen LogP contribution is 2.35. The molecular formula is C17H18F3N3O5S. The van der Waals surface area contributed by atoms with E-state index in [0.29, 0.717) is 31.9 Å². The Labute approximate surface area is 163 Å². The molecule has 2 aliphatic heterocycles. The average molecular weight is 433 g/mol. The van der Waals surface area contributed by atoms with E-state index < -0.39 is 44.3 Å². The SMILES string of the molecule is O=C(c1cc2c(C(F)(F)F)cc(=O)[nH]c2o1)N1CCC(N2CCCS2(=O)=O)CC1. The van der Waals surface area contributed by atoms with Crippen LogP contribution >= 0.6 is 0 Å². The van der Waals surface area contributed by atoms with Gasteiger partial charge in [0.25, 0.3) is 11.5 Å². The molecule has 158 valence electrons. The molecule has 2 saturated heterocycles. The molecule has 2 aliphatic rings. The van der Waals surface area contributed by atoms with Crippen molar-refractivity contribution in [2.75, 3.05) is 25.4 Å². The number of pyridine rings is 1. The highest BCUT2D eigenvalue weighted by molar-refractivity contribution is 7.89. The van der Waals surface area contributed by atoms with Crippen LogP contribution in [0.3, 0.4) is 0 Å². The molecule has 4 heterocycles. The highest BCUT2D eigenvalue weighted by Gasteiger charge is 2.38. The van der Waals surface area contributed by atoms with Gasteiger partial charge in [-0.1, -0.05) is 0 Å². The number of likely N-dealkylation sites (tertiary alicyclic amines) is 1. The molecule has 0 radical (unpaired) electrons. The van der Waals surface area contributed by atoms with Crippen LogP contribution in [-0.2, 0) is 16.2 Å². The Bertz CT molecular complexity index is 1110. The largest absolute Gasteiger partial charge is 0.434 e. The lowest BCUT2D eigenvalue weighted by Crippen LogP contribution is -2.47. The van der Waals surface area contributed by atoms with Crippen molar-refractivity contribution in [1.82, 2.24) is 14.2 Å². The molecule has 1 amide bonds. The Hall–Kier alpha value is -2.34. The van der Waals surface area contributed by atoms with Crippen molar-refractivity contribution < 1.29 is 30.8 Å². The van der Waals surface area contributed by atoms with Gasteiger partial charge in [-0.15, -0.1) is 0 Å². The van der Waals surface area contributed by atoms with Crippen LogP contribution in [0.5, 0.6) is 0 Å². The Morgan fingerprint density at radius 1 is 1.17 bits per heavy atom. The Kier molecular flexibility index (Phi) is 4.73. The van der Waals surface area contributed by atoms with Crippen LogP contribution in [0.1, 0.15) is 35.4 Å². The topological polar surface area (TPSA) is 104 Å². The van der Waals surface area contributed by atoms with Gasteiger partial charge in [0.15, 0.2) is 5.76 Å². The number of carbonyl (C=O) groups excluding carboxylic acids is 1. The maximum Gasteiger partial charge on any atom is 0.417 e. The maximum atomic E-state index is 13.2. The quantitative estimate of drug-likeness (QED) is 0.778. The minimum atomic E-state index is -4.77. The molecule has 12 heteroatoms.